The van der Waals surface area contributed by atoms with E-state index < -0.39 is 5.97 Å². The lowest BCUT2D eigenvalue weighted by Gasteiger charge is -2.38. The summed E-state index contributed by atoms with van der Waals surface area (Å²) in [6.45, 7) is 3.84. The van der Waals surface area contributed by atoms with Crippen molar-refractivity contribution in [1.29, 1.82) is 0 Å². The third-order valence-electron chi connectivity index (χ3n) is 3.70. The quantitative estimate of drug-likeness (QED) is 0.871. The Kier molecular flexibility index (Phi) is 4.43. The fourth-order valence-corrected chi connectivity index (χ4v) is 2.82. The van der Waals surface area contributed by atoms with Gasteiger partial charge >= 0.3 is 5.97 Å². The summed E-state index contributed by atoms with van der Waals surface area (Å²) < 4.78 is 0. The van der Waals surface area contributed by atoms with E-state index in [9.17, 15) is 4.79 Å². The molecule has 1 aliphatic rings. The molecule has 0 spiro atoms. The number of hydrogen-bond acceptors (Lipinski definition) is 3. The molecule has 1 saturated heterocycles. The van der Waals surface area contributed by atoms with Crippen LogP contribution in [0.5, 0.6) is 0 Å². The molecule has 0 bridgehead atoms. The molecule has 0 aliphatic carbocycles. The SMILES string of the molecule is Cc1cccc(N2CC(N)CC(CCC(=O)O)C2)c1. The normalized spacial score (nSPS) is 23.4. The number of hydrogen-bond donors (Lipinski definition) is 2. The van der Waals surface area contributed by atoms with Crippen molar-refractivity contribution in [3.8, 4) is 0 Å². The van der Waals surface area contributed by atoms with E-state index in [0.29, 0.717) is 12.3 Å². The summed E-state index contributed by atoms with van der Waals surface area (Å²) in [5.41, 5.74) is 8.53. The van der Waals surface area contributed by atoms with Gasteiger partial charge in [-0.2, -0.15) is 0 Å². The minimum atomic E-state index is -0.721. The highest BCUT2D eigenvalue weighted by molar-refractivity contribution is 5.66. The highest BCUT2D eigenvalue weighted by Gasteiger charge is 2.25. The van der Waals surface area contributed by atoms with E-state index in [1.165, 1.54) is 11.3 Å². The van der Waals surface area contributed by atoms with Crippen molar-refractivity contribution in [3.05, 3.63) is 29.8 Å². The molecule has 4 heteroatoms. The highest BCUT2D eigenvalue weighted by Crippen LogP contribution is 2.25. The first-order valence-electron chi connectivity index (χ1n) is 6.83. The zero-order valence-electron chi connectivity index (χ0n) is 11.4. The van der Waals surface area contributed by atoms with E-state index in [1.807, 2.05) is 0 Å². The van der Waals surface area contributed by atoms with Crippen molar-refractivity contribution in [2.45, 2.75) is 32.2 Å². The first kappa shape index (κ1) is 13.9. The van der Waals surface area contributed by atoms with E-state index in [-0.39, 0.29) is 12.5 Å². The number of piperidine rings is 1. The number of aryl methyl sites for hydroxylation is 1. The fraction of sp³-hybridized carbons (Fsp3) is 0.533. The topological polar surface area (TPSA) is 66.6 Å². The minimum absolute atomic E-state index is 0.132. The first-order valence-corrected chi connectivity index (χ1v) is 6.83. The van der Waals surface area contributed by atoms with Crippen LogP contribution in [0.2, 0.25) is 0 Å². The Balaban J connectivity index is 2.03. The summed E-state index contributed by atoms with van der Waals surface area (Å²) in [4.78, 5) is 13.0. The van der Waals surface area contributed by atoms with Crippen LogP contribution in [0.4, 0.5) is 5.69 Å². The second kappa shape index (κ2) is 6.06. The van der Waals surface area contributed by atoms with Crippen LogP contribution in [0.1, 0.15) is 24.8 Å². The Bertz CT molecular complexity index is 448. The predicted octanol–water partition coefficient (Wildman–Crippen LogP) is 2.01. The minimum Gasteiger partial charge on any atom is -0.481 e. The lowest BCUT2D eigenvalue weighted by molar-refractivity contribution is -0.137. The molecule has 2 unspecified atom stereocenters. The van der Waals surface area contributed by atoms with Gasteiger partial charge in [-0.15, -0.1) is 0 Å². The van der Waals surface area contributed by atoms with Crippen LogP contribution in [-0.2, 0) is 4.79 Å². The Morgan fingerprint density at radius 1 is 1.47 bits per heavy atom. The van der Waals surface area contributed by atoms with Crippen molar-refractivity contribution in [2.75, 3.05) is 18.0 Å². The average molecular weight is 262 g/mol. The molecule has 1 aromatic carbocycles. The largest absolute Gasteiger partial charge is 0.481 e. The van der Waals surface area contributed by atoms with Crippen LogP contribution < -0.4 is 10.6 Å². The molecule has 4 nitrogen and oxygen atoms in total. The Labute approximate surface area is 114 Å². The van der Waals surface area contributed by atoms with Gasteiger partial charge in [-0.1, -0.05) is 12.1 Å². The van der Waals surface area contributed by atoms with Gasteiger partial charge in [0, 0.05) is 31.2 Å². The third kappa shape index (κ3) is 3.96. The number of nitrogens with two attached hydrogens (primary N) is 1. The number of carbonyl (C=O) groups is 1. The summed E-state index contributed by atoms with van der Waals surface area (Å²) in [5, 5.41) is 8.78. The Morgan fingerprint density at radius 3 is 2.95 bits per heavy atom. The second-order valence-electron chi connectivity index (χ2n) is 5.54. The maximum atomic E-state index is 10.7. The van der Waals surface area contributed by atoms with E-state index in [1.54, 1.807) is 0 Å². The van der Waals surface area contributed by atoms with Gasteiger partial charge < -0.3 is 15.7 Å². The van der Waals surface area contributed by atoms with Gasteiger partial charge in [-0.05, 0) is 43.4 Å². The predicted molar refractivity (Wildman–Crippen MR) is 76.3 cm³/mol. The van der Waals surface area contributed by atoms with Crippen molar-refractivity contribution in [3.63, 3.8) is 0 Å². The molecule has 104 valence electrons. The average Bonchev–Trinajstić information content (AvgIpc) is 2.36. The van der Waals surface area contributed by atoms with Crippen molar-refractivity contribution in [2.24, 2.45) is 11.7 Å². The first-order chi connectivity index (χ1) is 9.04. The van der Waals surface area contributed by atoms with Crippen LogP contribution in [0.15, 0.2) is 24.3 Å². The van der Waals surface area contributed by atoms with Crippen molar-refractivity contribution < 1.29 is 9.90 Å². The zero-order valence-corrected chi connectivity index (χ0v) is 11.4. The van der Waals surface area contributed by atoms with Gasteiger partial charge in [0.2, 0.25) is 0 Å². The fourth-order valence-electron chi connectivity index (χ4n) is 2.82. The summed E-state index contributed by atoms with van der Waals surface area (Å²) in [5.74, 6) is -0.346. The lowest BCUT2D eigenvalue weighted by atomic mass is 9.90. The zero-order chi connectivity index (χ0) is 13.8. The van der Waals surface area contributed by atoms with Crippen molar-refractivity contribution >= 4 is 11.7 Å². The van der Waals surface area contributed by atoms with E-state index >= 15 is 0 Å². The molecule has 3 N–H and O–H groups in total. The summed E-state index contributed by atoms with van der Waals surface area (Å²) in [7, 11) is 0. The van der Waals surface area contributed by atoms with Gasteiger partial charge in [0.05, 0.1) is 0 Å². The molecule has 1 heterocycles. The number of benzene rings is 1. The molecule has 2 rings (SSSR count). The molecule has 1 aliphatic heterocycles. The number of aliphatic carboxylic acids is 1. The molecule has 0 amide bonds. The van der Waals surface area contributed by atoms with Crippen LogP contribution in [0.25, 0.3) is 0 Å². The molecule has 19 heavy (non-hydrogen) atoms. The number of nitrogens with zero attached hydrogens (tertiary/aromatic N) is 1. The lowest BCUT2D eigenvalue weighted by Crippen LogP contribution is -2.47. The monoisotopic (exact) mass is 262 g/mol. The van der Waals surface area contributed by atoms with Crippen LogP contribution in [-0.4, -0.2) is 30.2 Å². The van der Waals surface area contributed by atoms with Gasteiger partial charge in [0.1, 0.15) is 0 Å². The van der Waals surface area contributed by atoms with E-state index in [4.69, 9.17) is 10.8 Å². The molecular formula is C15H22N2O2. The number of anilines is 1. The van der Waals surface area contributed by atoms with Crippen LogP contribution in [0, 0.1) is 12.8 Å². The maximum Gasteiger partial charge on any atom is 0.303 e. The third-order valence-corrected chi connectivity index (χ3v) is 3.70. The van der Waals surface area contributed by atoms with Gasteiger partial charge in [0.15, 0.2) is 0 Å². The number of carboxylic acids is 1. The van der Waals surface area contributed by atoms with E-state index in [2.05, 4.69) is 36.1 Å². The number of rotatable bonds is 4. The smallest absolute Gasteiger partial charge is 0.303 e. The summed E-state index contributed by atoms with van der Waals surface area (Å²) in [6.07, 6.45) is 1.87. The highest BCUT2D eigenvalue weighted by atomic mass is 16.4. The van der Waals surface area contributed by atoms with Gasteiger partial charge in [0.25, 0.3) is 0 Å². The Hall–Kier alpha value is -1.55. The molecule has 0 aromatic heterocycles. The second-order valence-corrected chi connectivity index (χ2v) is 5.54. The van der Waals surface area contributed by atoms with Gasteiger partial charge in [-0.3, -0.25) is 4.79 Å². The standard InChI is InChI=1S/C15H22N2O2/c1-11-3-2-4-14(7-11)17-9-12(5-6-15(18)19)8-13(16)10-17/h2-4,7,12-13H,5-6,8-10,16H2,1H3,(H,18,19). The molecular weight excluding hydrogens is 240 g/mol. The van der Waals surface area contributed by atoms with Crippen molar-refractivity contribution in [1.82, 2.24) is 0 Å². The molecule has 1 aromatic rings. The molecule has 2 atom stereocenters. The molecule has 0 radical (unpaired) electrons. The molecule has 0 saturated carbocycles. The Morgan fingerprint density at radius 2 is 2.26 bits per heavy atom. The van der Waals surface area contributed by atoms with Crippen LogP contribution in [0.3, 0.4) is 0 Å². The summed E-state index contributed by atoms with van der Waals surface area (Å²) in [6, 6.07) is 8.52. The maximum absolute atomic E-state index is 10.7. The molecule has 1 fully saturated rings. The van der Waals surface area contributed by atoms with Crippen LogP contribution >= 0.6 is 0 Å². The van der Waals surface area contributed by atoms with E-state index in [0.717, 1.165) is 19.5 Å². The number of carboxylic acid groups (broad SMARTS) is 1. The van der Waals surface area contributed by atoms with Gasteiger partial charge in [-0.25, -0.2) is 0 Å². The summed E-state index contributed by atoms with van der Waals surface area (Å²) >= 11 is 0.